The highest BCUT2D eigenvalue weighted by Crippen LogP contribution is 2.29. The fraction of sp³-hybridized carbons (Fsp3) is 0.450. The van der Waals surface area contributed by atoms with Crippen molar-refractivity contribution in [2.75, 3.05) is 0 Å². The van der Waals surface area contributed by atoms with Crippen LogP contribution in [0.15, 0.2) is 24.3 Å². The van der Waals surface area contributed by atoms with E-state index in [1.165, 1.54) is 6.92 Å². The largest absolute Gasteiger partial charge is 0.457 e. The van der Waals surface area contributed by atoms with Crippen molar-refractivity contribution in [3.8, 4) is 0 Å². The van der Waals surface area contributed by atoms with E-state index < -0.39 is 6.04 Å². The van der Waals surface area contributed by atoms with Gasteiger partial charge in [-0.15, -0.1) is 11.3 Å². The molecule has 0 saturated heterocycles. The van der Waals surface area contributed by atoms with Gasteiger partial charge in [0.05, 0.1) is 28.0 Å². The zero-order valence-corrected chi connectivity index (χ0v) is 16.8. The van der Waals surface area contributed by atoms with E-state index in [-0.39, 0.29) is 24.4 Å². The van der Waals surface area contributed by atoms with Crippen LogP contribution in [0.2, 0.25) is 0 Å². The van der Waals surface area contributed by atoms with E-state index in [1.54, 1.807) is 11.3 Å². The first-order valence-electron chi connectivity index (χ1n) is 8.79. The molecule has 0 aliphatic carbocycles. The molecule has 6 heteroatoms. The molecule has 1 aromatic carbocycles. The number of ether oxygens (including phenoxy) is 1. The van der Waals surface area contributed by atoms with E-state index >= 15 is 0 Å². The zero-order valence-electron chi connectivity index (χ0n) is 16.0. The highest BCUT2D eigenvalue weighted by molar-refractivity contribution is 7.11. The lowest BCUT2D eigenvalue weighted by atomic mass is 10.0. The molecule has 2 unspecified atom stereocenters. The van der Waals surface area contributed by atoms with Crippen LogP contribution >= 0.6 is 11.3 Å². The van der Waals surface area contributed by atoms with Crippen molar-refractivity contribution in [3.63, 3.8) is 0 Å². The van der Waals surface area contributed by atoms with Crippen LogP contribution in [0.1, 0.15) is 66.0 Å². The molecular formula is C20H26N2O3S. The highest BCUT2D eigenvalue weighted by Gasteiger charge is 2.22. The Morgan fingerprint density at radius 2 is 1.88 bits per heavy atom. The Kier molecular flexibility index (Phi) is 6.91. The van der Waals surface area contributed by atoms with Crippen LogP contribution in [0.5, 0.6) is 0 Å². The number of nitrogens with one attached hydrogen (secondary N) is 1. The van der Waals surface area contributed by atoms with Crippen molar-refractivity contribution in [1.82, 2.24) is 10.3 Å². The summed E-state index contributed by atoms with van der Waals surface area (Å²) in [7, 11) is 0. The predicted molar refractivity (Wildman–Crippen MR) is 103 cm³/mol. The number of amides is 1. The Bertz CT molecular complexity index is 768. The van der Waals surface area contributed by atoms with E-state index in [9.17, 15) is 9.59 Å². The number of benzene rings is 1. The second-order valence-electron chi connectivity index (χ2n) is 6.41. The van der Waals surface area contributed by atoms with Gasteiger partial charge in [0.2, 0.25) is 5.91 Å². The van der Waals surface area contributed by atoms with Gasteiger partial charge in [-0.25, -0.2) is 4.98 Å². The van der Waals surface area contributed by atoms with Crippen LogP contribution in [0, 0.1) is 13.8 Å². The van der Waals surface area contributed by atoms with E-state index in [0.717, 1.165) is 33.1 Å². The summed E-state index contributed by atoms with van der Waals surface area (Å²) in [6, 6.07) is 7.37. The molecule has 0 radical (unpaired) electrons. The molecular weight excluding hydrogens is 348 g/mol. The van der Waals surface area contributed by atoms with Gasteiger partial charge in [0, 0.05) is 6.92 Å². The molecule has 2 aromatic rings. The average molecular weight is 375 g/mol. The molecule has 26 heavy (non-hydrogen) atoms. The fourth-order valence-corrected chi connectivity index (χ4v) is 3.74. The Hall–Kier alpha value is -2.21. The molecule has 0 spiro atoms. The lowest BCUT2D eigenvalue weighted by Gasteiger charge is -2.19. The van der Waals surface area contributed by atoms with Gasteiger partial charge in [0.25, 0.3) is 0 Å². The van der Waals surface area contributed by atoms with E-state index in [2.05, 4.69) is 17.2 Å². The summed E-state index contributed by atoms with van der Waals surface area (Å²) in [6.45, 7) is 9.29. The monoisotopic (exact) mass is 374 g/mol. The smallest absolute Gasteiger partial charge is 0.308 e. The summed E-state index contributed by atoms with van der Waals surface area (Å²) in [5.41, 5.74) is 2.92. The summed E-state index contributed by atoms with van der Waals surface area (Å²) < 4.78 is 5.61. The minimum Gasteiger partial charge on any atom is -0.457 e. The summed E-state index contributed by atoms with van der Waals surface area (Å²) in [4.78, 5) is 29.4. The third kappa shape index (κ3) is 5.39. The Morgan fingerprint density at radius 1 is 1.23 bits per heavy atom. The summed E-state index contributed by atoms with van der Waals surface area (Å²) >= 11 is 1.58. The normalized spacial score (nSPS) is 13.1. The first-order valence-corrected chi connectivity index (χ1v) is 9.61. The lowest BCUT2D eigenvalue weighted by molar-refractivity contribution is -0.149. The second-order valence-corrected chi connectivity index (χ2v) is 7.53. The topological polar surface area (TPSA) is 68.3 Å². The second kappa shape index (κ2) is 8.94. The van der Waals surface area contributed by atoms with E-state index in [0.29, 0.717) is 0 Å². The molecule has 140 valence electrons. The van der Waals surface area contributed by atoms with Gasteiger partial charge in [0.1, 0.15) is 6.10 Å². The molecule has 1 heterocycles. The number of esters is 1. The highest BCUT2D eigenvalue weighted by atomic mass is 32.1. The van der Waals surface area contributed by atoms with Gasteiger partial charge < -0.3 is 10.1 Å². The maximum absolute atomic E-state index is 12.5. The first-order chi connectivity index (χ1) is 12.3. The molecule has 0 fully saturated rings. The molecule has 2 atom stereocenters. The quantitative estimate of drug-likeness (QED) is 0.738. The number of aryl methyl sites for hydroxylation is 3. The van der Waals surface area contributed by atoms with Crippen molar-refractivity contribution in [2.45, 2.75) is 59.6 Å². The van der Waals surface area contributed by atoms with E-state index in [4.69, 9.17) is 4.74 Å². The van der Waals surface area contributed by atoms with Crippen LogP contribution in [-0.4, -0.2) is 16.9 Å². The maximum atomic E-state index is 12.5. The number of carbonyl (C=O) groups is 2. The molecule has 1 N–H and O–H groups in total. The molecule has 1 aromatic heterocycles. The molecule has 2 rings (SSSR count). The molecule has 0 aliphatic heterocycles. The van der Waals surface area contributed by atoms with Gasteiger partial charge in [-0.2, -0.15) is 0 Å². The summed E-state index contributed by atoms with van der Waals surface area (Å²) in [5, 5.41) is 3.87. The fourth-order valence-electron chi connectivity index (χ4n) is 2.76. The average Bonchev–Trinajstić information content (AvgIpc) is 2.95. The number of hydrogen-bond donors (Lipinski definition) is 1. The predicted octanol–water partition coefficient (Wildman–Crippen LogP) is 4.19. The van der Waals surface area contributed by atoms with Gasteiger partial charge in [-0.05, 0) is 32.8 Å². The number of carbonyl (C=O) groups excluding carboxylic acids is 2. The van der Waals surface area contributed by atoms with Crippen molar-refractivity contribution in [1.29, 1.82) is 0 Å². The van der Waals surface area contributed by atoms with Crippen molar-refractivity contribution < 1.29 is 14.3 Å². The lowest BCUT2D eigenvalue weighted by Crippen LogP contribution is -2.28. The van der Waals surface area contributed by atoms with E-state index in [1.807, 2.05) is 45.0 Å². The number of nitrogens with zero attached hydrogens (tertiary/aromatic N) is 1. The third-order valence-corrected chi connectivity index (χ3v) is 5.55. The maximum Gasteiger partial charge on any atom is 0.308 e. The van der Waals surface area contributed by atoms with Crippen LogP contribution in [0.4, 0.5) is 0 Å². The van der Waals surface area contributed by atoms with Crippen molar-refractivity contribution in [3.05, 3.63) is 51.0 Å². The molecule has 1 amide bonds. The SMILES string of the molecule is CCc1nc(C)c(C(C)OC(=O)CC(NC(C)=O)c2ccc(C)cc2)s1. The van der Waals surface area contributed by atoms with Gasteiger partial charge in [-0.3, -0.25) is 9.59 Å². The standard InChI is InChI=1S/C20H26N2O3S/c1-6-18-21-13(3)20(26-18)14(4)25-19(24)11-17(22-15(5)23)16-9-7-12(2)8-10-16/h7-10,14,17H,6,11H2,1-5H3,(H,22,23). The van der Waals surface area contributed by atoms with Crippen LogP contribution in [0.3, 0.4) is 0 Å². The van der Waals surface area contributed by atoms with Gasteiger partial charge in [-0.1, -0.05) is 36.8 Å². The Balaban J connectivity index is 2.07. The van der Waals surface area contributed by atoms with Crippen molar-refractivity contribution >= 4 is 23.2 Å². The molecule has 0 saturated carbocycles. The van der Waals surface area contributed by atoms with Crippen molar-refractivity contribution in [2.24, 2.45) is 0 Å². The summed E-state index contributed by atoms with van der Waals surface area (Å²) in [5.74, 6) is -0.523. The van der Waals surface area contributed by atoms with Crippen LogP contribution < -0.4 is 5.32 Å². The summed E-state index contributed by atoms with van der Waals surface area (Å²) in [6.07, 6.45) is 0.603. The number of hydrogen-bond acceptors (Lipinski definition) is 5. The molecule has 0 bridgehead atoms. The van der Waals surface area contributed by atoms with Gasteiger partial charge >= 0.3 is 5.97 Å². The Labute approximate surface area is 158 Å². The zero-order chi connectivity index (χ0) is 19.3. The van der Waals surface area contributed by atoms with Crippen LogP contribution in [-0.2, 0) is 20.7 Å². The molecule has 0 aliphatic rings. The Morgan fingerprint density at radius 3 is 2.42 bits per heavy atom. The molecule has 5 nitrogen and oxygen atoms in total. The first kappa shape index (κ1) is 20.1. The van der Waals surface area contributed by atoms with Crippen LogP contribution in [0.25, 0.3) is 0 Å². The number of rotatable bonds is 7. The minimum absolute atomic E-state index is 0.0888. The minimum atomic E-state index is -0.401. The van der Waals surface area contributed by atoms with Gasteiger partial charge in [0.15, 0.2) is 0 Å². The third-order valence-electron chi connectivity index (χ3n) is 4.08. The number of aromatic nitrogens is 1. The number of thiazole rings is 1.